The molecule has 0 bridgehead atoms. The molecule has 0 atom stereocenters. The fourth-order valence-electron chi connectivity index (χ4n) is 2.33. The number of nitrogens with zero attached hydrogens (tertiary/aromatic N) is 3. The van der Waals surface area contributed by atoms with Gasteiger partial charge in [0.15, 0.2) is 0 Å². The number of aryl methyl sites for hydroxylation is 1. The van der Waals surface area contributed by atoms with Crippen molar-refractivity contribution in [3.05, 3.63) is 77.5 Å². The van der Waals surface area contributed by atoms with Crippen LogP contribution in [0.1, 0.15) is 17.3 Å². The number of rotatable bonds is 5. The van der Waals surface area contributed by atoms with Crippen LogP contribution in [-0.2, 0) is 13.1 Å². The third-order valence-corrected chi connectivity index (χ3v) is 3.41. The maximum atomic E-state index is 14.1. The molecule has 118 valence electrons. The summed E-state index contributed by atoms with van der Waals surface area (Å²) in [4.78, 5) is 1.67. The lowest BCUT2D eigenvalue weighted by Gasteiger charge is -2.24. The molecule has 0 N–H and O–H groups in total. The van der Waals surface area contributed by atoms with Crippen LogP contribution in [-0.4, -0.2) is 10.2 Å². The monoisotopic (exact) mass is 315 g/mol. The van der Waals surface area contributed by atoms with E-state index in [0.29, 0.717) is 23.0 Å². The molecule has 0 amide bonds. The molecule has 1 heterocycles. The van der Waals surface area contributed by atoms with E-state index in [-0.39, 0.29) is 24.7 Å². The first-order chi connectivity index (χ1) is 11.1. The van der Waals surface area contributed by atoms with Gasteiger partial charge in [-0.1, -0.05) is 30.3 Å². The number of anilines is 1. The Morgan fingerprint density at radius 3 is 2.26 bits per heavy atom. The second-order valence-electron chi connectivity index (χ2n) is 5.11. The molecule has 0 fully saturated rings. The Labute approximate surface area is 132 Å². The highest BCUT2D eigenvalue weighted by Crippen LogP contribution is 2.23. The number of benzene rings is 2. The van der Waals surface area contributed by atoms with Crippen LogP contribution in [0, 0.1) is 18.6 Å². The molecule has 23 heavy (non-hydrogen) atoms. The Kier molecular flexibility index (Phi) is 4.32. The Morgan fingerprint density at radius 1 is 0.913 bits per heavy atom. The van der Waals surface area contributed by atoms with Gasteiger partial charge in [-0.25, -0.2) is 8.78 Å². The SMILES string of the molecule is Cc1nnc(CN(Cc2ccccc2F)c2ccccc2F)o1. The van der Waals surface area contributed by atoms with Gasteiger partial charge in [-0.15, -0.1) is 10.2 Å². The van der Waals surface area contributed by atoms with Crippen LogP contribution in [0.3, 0.4) is 0 Å². The van der Waals surface area contributed by atoms with Gasteiger partial charge in [0.2, 0.25) is 11.8 Å². The van der Waals surface area contributed by atoms with Gasteiger partial charge < -0.3 is 9.32 Å². The summed E-state index contributed by atoms with van der Waals surface area (Å²) in [5.41, 5.74) is 0.818. The molecule has 0 aliphatic rings. The maximum Gasteiger partial charge on any atom is 0.235 e. The normalized spacial score (nSPS) is 10.7. The average Bonchev–Trinajstić information content (AvgIpc) is 2.94. The first-order valence-electron chi connectivity index (χ1n) is 7.15. The number of hydrogen-bond donors (Lipinski definition) is 0. The van der Waals surface area contributed by atoms with Crippen molar-refractivity contribution < 1.29 is 13.2 Å². The Morgan fingerprint density at radius 2 is 1.61 bits per heavy atom. The van der Waals surface area contributed by atoms with E-state index < -0.39 is 0 Å². The van der Waals surface area contributed by atoms with Gasteiger partial charge >= 0.3 is 0 Å². The van der Waals surface area contributed by atoms with E-state index in [1.54, 1.807) is 48.2 Å². The lowest BCUT2D eigenvalue weighted by atomic mass is 10.1. The molecule has 0 saturated heterocycles. The van der Waals surface area contributed by atoms with Gasteiger partial charge in [-0.2, -0.15) is 0 Å². The van der Waals surface area contributed by atoms with Crippen molar-refractivity contribution in [3.63, 3.8) is 0 Å². The zero-order valence-electron chi connectivity index (χ0n) is 12.5. The van der Waals surface area contributed by atoms with Crippen molar-refractivity contribution in [2.24, 2.45) is 0 Å². The number of aromatic nitrogens is 2. The number of halogens is 2. The zero-order valence-corrected chi connectivity index (χ0v) is 12.5. The van der Waals surface area contributed by atoms with Gasteiger partial charge in [0.1, 0.15) is 11.6 Å². The van der Waals surface area contributed by atoms with E-state index >= 15 is 0 Å². The molecule has 0 unspecified atom stereocenters. The summed E-state index contributed by atoms with van der Waals surface area (Å²) < 4.78 is 33.4. The lowest BCUT2D eigenvalue weighted by molar-refractivity contribution is 0.459. The van der Waals surface area contributed by atoms with Crippen molar-refractivity contribution in [2.75, 3.05) is 4.90 Å². The minimum Gasteiger partial charge on any atom is -0.424 e. The zero-order chi connectivity index (χ0) is 16.2. The molecule has 0 saturated carbocycles. The van der Waals surface area contributed by atoms with Crippen LogP contribution in [0.5, 0.6) is 0 Å². The molecule has 1 aromatic heterocycles. The molecule has 3 aromatic rings. The van der Waals surface area contributed by atoms with Crippen LogP contribution < -0.4 is 4.90 Å². The van der Waals surface area contributed by atoms with Crippen molar-refractivity contribution in [1.82, 2.24) is 10.2 Å². The smallest absolute Gasteiger partial charge is 0.235 e. The standard InChI is InChI=1S/C17H15F2N3O/c1-12-20-21-17(23-12)11-22(16-9-5-4-8-15(16)19)10-13-6-2-3-7-14(13)18/h2-9H,10-11H2,1H3. The number of hydrogen-bond acceptors (Lipinski definition) is 4. The fraction of sp³-hybridized carbons (Fsp3) is 0.176. The second kappa shape index (κ2) is 6.56. The van der Waals surface area contributed by atoms with E-state index in [1.165, 1.54) is 12.1 Å². The van der Waals surface area contributed by atoms with E-state index in [9.17, 15) is 8.78 Å². The van der Waals surface area contributed by atoms with Crippen molar-refractivity contribution in [3.8, 4) is 0 Å². The lowest BCUT2D eigenvalue weighted by Crippen LogP contribution is -2.24. The van der Waals surface area contributed by atoms with Gasteiger partial charge in [0, 0.05) is 19.0 Å². The van der Waals surface area contributed by atoms with E-state index in [0.717, 1.165) is 0 Å². The average molecular weight is 315 g/mol. The molecule has 2 aromatic carbocycles. The molecular weight excluding hydrogens is 300 g/mol. The summed E-state index contributed by atoms with van der Waals surface area (Å²) in [7, 11) is 0. The Balaban J connectivity index is 1.93. The van der Waals surface area contributed by atoms with Crippen LogP contribution in [0.15, 0.2) is 52.9 Å². The first-order valence-corrected chi connectivity index (χ1v) is 7.15. The summed E-state index contributed by atoms with van der Waals surface area (Å²) in [6.07, 6.45) is 0. The van der Waals surface area contributed by atoms with Crippen LogP contribution >= 0.6 is 0 Å². The Bertz CT molecular complexity index is 804. The van der Waals surface area contributed by atoms with Gasteiger partial charge in [0.25, 0.3) is 0 Å². The predicted molar refractivity (Wildman–Crippen MR) is 81.7 cm³/mol. The number of para-hydroxylation sites is 1. The van der Waals surface area contributed by atoms with Crippen LogP contribution in [0.4, 0.5) is 14.5 Å². The highest BCUT2D eigenvalue weighted by Gasteiger charge is 2.17. The minimum absolute atomic E-state index is 0.190. The maximum absolute atomic E-state index is 14.1. The second-order valence-corrected chi connectivity index (χ2v) is 5.11. The molecule has 3 rings (SSSR count). The van der Waals surface area contributed by atoms with Crippen molar-refractivity contribution in [1.29, 1.82) is 0 Å². The quantitative estimate of drug-likeness (QED) is 0.717. The molecule has 0 aliphatic carbocycles. The predicted octanol–water partition coefficient (Wildman–Crippen LogP) is 3.86. The topological polar surface area (TPSA) is 42.2 Å². The summed E-state index contributed by atoms with van der Waals surface area (Å²) >= 11 is 0. The molecule has 0 aliphatic heterocycles. The molecule has 0 radical (unpaired) electrons. The fourth-order valence-corrected chi connectivity index (χ4v) is 2.33. The molecule has 6 heteroatoms. The molecule has 0 spiro atoms. The van der Waals surface area contributed by atoms with E-state index in [1.807, 2.05) is 0 Å². The van der Waals surface area contributed by atoms with Gasteiger partial charge in [-0.3, -0.25) is 0 Å². The van der Waals surface area contributed by atoms with Gasteiger partial charge in [0.05, 0.1) is 12.2 Å². The summed E-state index contributed by atoms with van der Waals surface area (Å²) in [6.45, 7) is 2.06. The molecular formula is C17H15F2N3O. The summed E-state index contributed by atoms with van der Waals surface area (Å²) in [6, 6.07) is 12.8. The molecule has 4 nitrogen and oxygen atoms in total. The third kappa shape index (κ3) is 3.53. The summed E-state index contributed by atoms with van der Waals surface area (Å²) in [5.74, 6) is 0.0529. The largest absolute Gasteiger partial charge is 0.424 e. The first kappa shape index (κ1) is 15.1. The minimum atomic E-state index is -0.389. The van der Waals surface area contributed by atoms with Crippen LogP contribution in [0.2, 0.25) is 0 Å². The van der Waals surface area contributed by atoms with Gasteiger partial charge in [-0.05, 0) is 18.2 Å². The van der Waals surface area contributed by atoms with Crippen LogP contribution in [0.25, 0.3) is 0 Å². The third-order valence-electron chi connectivity index (χ3n) is 3.41. The summed E-state index contributed by atoms with van der Waals surface area (Å²) in [5, 5.41) is 7.70. The van der Waals surface area contributed by atoms with Crippen molar-refractivity contribution in [2.45, 2.75) is 20.0 Å². The highest BCUT2D eigenvalue weighted by atomic mass is 19.1. The Hall–Kier alpha value is -2.76. The highest BCUT2D eigenvalue weighted by molar-refractivity contribution is 5.48. The van der Waals surface area contributed by atoms with Crippen molar-refractivity contribution >= 4 is 5.69 Å². The van der Waals surface area contributed by atoms with E-state index in [2.05, 4.69) is 10.2 Å². The van der Waals surface area contributed by atoms with E-state index in [4.69, 9.17) is 4.42 Å².